The zero-order valence-corrected chi connectivity index (χ0v) is 12.7. The van der Waals surface area contributed by atoms with Crippen molar-refractivity contribution in [2.75, 3.05) is 7.11 Å². The van der Waals surface area contributed by atoms with Gasteiger partial charge in [-0.2, -0.15) is 0 Å². The van der Waals surface area contributed by atoms with Crippen LogP contribution in [0.2, 0.25) is 0 Å². The molecule has 1 fully saturated rings. The van der Waals surface area contributed by atoms with E-state index in [1.165, 1.54) is 7.11 Å². The van der Waals surface area contributed by atoms with E-state index < -0.39 is 17.4 Å². The first kappa shape index (κ1) is 15.1. The van der Waals surface area contributed by atoms with Crippen molar-refractivity contribution in [2.24, 2.45) is 0 Å². The minimum atomic E-state index is -1.23. The van der Waals surface area contributed by atoms with Crippen LogP contribution >= 0.6 is 0 Å². The highest BCUT2D eigenvalue weighted by atomic mass is 16.5. The van der Waals surface area contributed by atoms with E-state index >= 15 is 0 Å². The van der Waals surface area contributed by atoms with Crippen molar-refractivity contribution in [1.29, 1.82) is 0 Å². The molecule has 0 radical (unpaired) electrons. The van der Waals surface area contributed by atoms with Gasteiger partial charge in [-0.3, -0.25) is 4.79 Å². The second-order valence-corrected chi connectivity index (χ2v) is 5.63. The Bertz CT molecular complexity index is 744. The fourth-order valence-corrected chi connectivity index (χ4v) is 2.82. The van der Waals surface area contributed by atoms with E-state index in [-0.39, 0.29) is 5.92 Å². The number of carboxylic acids is 1. The van der Waals surface area contributed by atoms with Gasteiger partial charge in [0.25, 0.3) is 5.91 Å². The molecule has 0 saturated heterocycles. The van der Waals surface area contributed by atoms with Gasteiger partial charge in [0, 0.05) is 11.5 Å². The molecule has 0 bridgehead atoms. The van der Waals surface area contributed by atoms with Crippen LogP contribution in [0, 0.1) is 0 Å². The van der Waals surface area contributed by atoms with Gasteiger partial charge in [-0.1, -0.05) is 36.4 Å². The summed E-state index contributed by atoms with van der Waals surface area (Å²) in [5, 5.41) is 12.3. The van der Waals surface area contributed by atoms with Crippen LogP contribution in [-0.2, 0) is 4.79 Å². The van der Waals surface area contributed by atoms with Gasteiger partial charge in [-0.15, -0.1) is 0 Å². The summed E-state index contributed by atoms with van der Waals surface area (Å²) >= 11 is 0. The van der Waals surface area contributed by atoms with Crippen LogP contribution in [0.5, 0.6) is 5.75 Å². The van der Waals surface area contributed by atoms with Gasteiger partial charge < -0.3 is 15.2 Å². The number of amides is 1. The zero-order valence-electron chi connectivity index (χ0n) is 12.7. The lowest BCUT2D eigenvalue weighted by molar-refractivity contribution is -0.140. The van der Waals surface area contributed by atoms with Crippen LogP contribution in [-0.4, -0.2) is 29.6 Å². The summed E-state index contributed by atoms with van der Waals surface area (Å²) in [6.07, 6.45) is 0.391. The predicted molar refractivity (Wildman–Crippen MR) is 84.6 cm³/mol. The third-order valence-corrected chi connectivity index (χ3v) is 4.21. The molecular weight excluding hydrogens is 294 g/mol. The molecule has 1 saturated carbocycles. The molecule has 5 nitrogen and oxygen atoms in total. The largest absolute Gasteiger partial charge is 0.497 e. The number of hydrogen-bond acceptors (Lipinski definition) is 3. The number of carboxylic acid groups (broad SMARTS) is 1. The molecule has 2 N–H and O–H groups in total. The summed E-state index contributed by atoms with van der Waals surface area (Å²) < 4.78 is 5.09. The Hall–Kier alpha value is -2.82. The van der Waals surface area contributed by atoms with Gasteiger partial charge in [0.05, 0.1) is 7.11 Å². The Labute approximate surface area is 133 Å². The standard InChI is InChI=1S/C18H17NO4/c1-23-14-9-5-8-13(10-14)16(20)19-18(17(21)22)11-15(18)12-6-3-2-4-7-12/h2-10,15H,11H2,1H3,(H,19,20)(H,21,22). The van der Waals surface area contributed by atoms with Crippen LogP contribution in [0.15, 0.2) is 54.6 Å². The van der Waals surface area contributed by atoms with E-state index in [4.69, 9.17) is 4.74 Å². The van der Waals surface area contributed by atoms with E-state index in [1.807, 2.05) is 30.3 Å². The Morgan fingerprint density at radius 1 is 1.17 bits per heavy atom. The highest BCUT2D eigenvalue weighted by molar-refractivity contribution is 6.00. The van der Waals surface area contributed by atoms with Crippen molar-refractivity contribution >= 4 is 11.9 Å². The van der Waals surface area contributed by atoms with Crippen LogP contribution in [0.4, 0.5) is 0 Å². The molecule has 1 amide bonds. The molecule has 0 aromatic heterocycles. The highest BCUT2D eigenvalue weighted by Crippen LogP contribution is 2.51. The Kier molecular flexibility index (Phi) is 3.78. The second kappa shape index (κ2) is 5.76. The molecular formula is C18H17NO4. The van der Waals surface area contributed by atoms with Crippen LogP contribution in [0.25, 0.3) is 0 Å². The summed E-state index contributed by atoms with van der Waals surface area (Å²) in [4.78, 5) is 24.1. The van der Waals surface area contributed by atoms with Crippen LogP contribution in [0.3, 0.4) is 0 Å². The molecule has 2 atom stereocenters. The number of aliphatic carboxylic acids is 1. The number of methoxy groups -OCH3 is 1. The zero-order chi connectivity index (χ0) is 16.4. The first-order valence-electron chi connectivity index (χ1n) is 7.32. The molecule has 1 aliphatic carbocycles. The average molecular weight is 311 g/mol. The number of carbonyl (C=O) groups is 2. The predicted octanol–water partition coefficient (Wildman–Crippen LogP) is 2.44. The quantitative estimate of drug-likeness (QED) is 0.889. The fraction of sp³-hybridized carbons (Fsp3) is 0.222. The van der Waals surface area contributed by atoms with Crippen molar-refractivity contribution in [2.45, 2.75) is 17.9 Å². The topological polar surface area (TPSA) is 75.6 Å². The number of nitrogens with one attached hydrogen (secondary N) is 1. The molecule has 0 spiro atoms. The monoisotopic (exact) mass is 311 g/mol. The molecule has 0 aliphatic heterocycles. The summed E-state index contributed by atoms with van der Waals surface area (Å²) in [7, 11) is 1.52. The smallest absolute Gasteiger partial charge is 0.330 e. The number of hydrogen-bond donors (Lipinski definition) is 2. The number of rotatable bonds is 5. The van der Waals surface area contributed by atoms with E-state index in [0.29, 0.717) is 17.7 Å². The molecule has 5 heteroatoms. The molecule has 3 rings (SSSR count). The lowest BCUT2D eigenvalue weighted by Crippen LogP contribution is -2.44. The Morgan fingerprint density at radius 3 is 2.57 bits per heavy atom. The third-order valence-electron chi connectivity index (χ3n) is 4.21. The van der Waals surface area contributed by atoms with Crippen molar-refractivity contribution in [3.8, 4) is 5.75 Å². The second-order valence-electron chi connectivity index (χ2n) is 5.63. The number of benzene rings is 2. The molecule has 2 aromatic carbocycles. The summed E-state index contributed by atoms with van der Waals surface area (Å²) in [5.74, 6) is -1.08. The summed E-state index contributed by atoms with van der Waals surface area (Å²) in [6, 6.07) is 16.0. The minimum absolute atomic E-state index is 0.212. The third kappa shape index (κ3) is 2.77. The summed E-state index contributed by atoms with van der Waals surface area (Å²) in [5.41, 5.74) is 0.0613. The maximum atomic E-state index is 12.4. The SMILES string of the molecule is COc1cccc(C(=O)NC2(C(=O)O)CC2c2ccccc2)c1. The lowest BCUT2D eigenvalue weighted by Gasteiger charge is -2.15. The van der Waals surface area contributed by atoms with Crippen LogP contribution in [0.1, 0.15) is 28.3 Å². The first-order valence-corrected chi connectivity index (χ1v) is 7.32. The maximum absolute atomic E-state index is 12.4. The van der Waals surface area contributed by atoms with E-state index in [9.17, 15) is 14.7 Å². The van der Waals surface area contributed by atoms with Gasteiger partial charge in [0.1, 0.15) is 11.3 Å². The molecule has 2 unspecified atom stereocenters. The van der Waals surface area contributed by atoms with E-state index in [1.54, 1.807) is 24.3 Å². The van der Waals surface area contributed by atoms with Crippen molar-refractivity contribution in [1.82, 2.24) is 5.32 Å². The van der Waals surface area contributed by atoms with Gasteiger partial charge in [-0.05, 0) is 30.2 Å². The van der Waals surface area contributed by atoms with E-state index in [0.717, 1.165) is 5.56 Å². The highest BCUT2D eigenvalue weighted by Gasteiger charge is 2.62. The maximum Gasteiger partial charge on any atom is 0.330 e. The fourth-order valence-electron chi connectivity index (χ4n) is 2.82. The van der Waals surface area contributed by atoms with Gasteiger partial charge in [0.15, 0.2) is 0 Å². The number of carbonyl (C=O) groups excluding carboxylic acids is 1. The van der Waals surface area contributed by atoms with Crippen LogP contribution < -0.4 is 10.1 Å². The van der Waals surface area contributed by atoms with Gasteiger partial charge in [0.2, 0.25) is 0 Å². The molecule has 2 aromatic rings. The molecule has 23 heavy (non-hydrogen) atoms. The normalized spacial score (nSPS) is 22.2. The molecule has 118 valence electrons. The summed E-state index contributed by atoms with van der Waals surface area (Å²) in [6.45, 7) is 0. The molecule has 0 heterocycles. The number of ether oxygens (including phenoxy) is 1. The van der Waals surface area contributed by atoms with Gasteiger partial charge in [-0.25, -0.2) is 4.79 Å². The van der Waals surface area contributed by atoms with Crippen molar-refractivity contribution in [3.05, 3.63) is 65.7 Å². The lowest BCUT2D eigenvalue weighted by atomic mass is 10.1. The Balaban J connectivity index is 1.82. The molecule has 1 aliphatic rings. The average Bonchev–Trinajstić information content (AvgIpc) is 3.31. The minimum Gasteiger partial charge on any atom is -0.497 e. The van der Waals surface area contributed by atoms with Crippen molar-refractivity contribution < 1.29 is 19.4 Å². The van der Waals surface area contributed by atoms with E-state index in [2.05, 4.69) is 5.32 Å². The van der Waals surface area contributed by atoms with Crippen molar-refractivity contribution in [3.63, 3.8) is 0 Å². The first-order chi connectivity index (χ1) is 11.1. The Morgan fingerprint density at radius 2 is 1.91 bits per heavy atom. The van der Waals surface area contributed by atoms with Gasteiger partial charge >= 0.3 is 5.97 Å².